The van der Waals surface area contributed by atoms with Gasteiger partial charge in [0.2, 0.25) is 5.91 Å². The Bertz CT molecular complexity index is 587. The van der Waals surface area contributed by atoms with Crippen LogP contribution in [0.2, 0.25) is 0 Å². The number of fused-ring (bicyclic) bond motifs is 1. The summed E-state index contributed by atoms with van der Waals surface area (Å²) < 4.78 is 14.7. The predicted octanol–water partition coefficient (Wildman–Crippen LogP) is 3.15. The molecule has 0 saturated carbocycles. The third-order valence-electron chi connectivity index (χ3n) is 3.61. The number of nitrogens with zero attached hydrogens (tertiary/aromatic N) is 2. The van der Waals surface area contributed by atoms with Gasteiger partial charge in [0.05, 0.1) is 11.6 Å². The first-order valence-electron chi connectivity index (χ1n) is 6.63. The fourth-order valence-corrected chi connectivity index (χ4v) is 2.43. The van der Waals surface area contributed by atoms with Crippen molar-refractivity contribution >= 4 is 16.8 Å². The van der Waals surface area contributed by atoms with E-state index >= 15 is 0 Å². The normalized spacial score (nSPS) is 13.1. The average Bonchev–Trinajstić information content (AvgIpc) is 2.81. The molecule has 0 radical (unpaired) electrons. The Hall–Kier alpha value is -1.68. The van der Waals surface area contributed by atoms with E-state index in [2.05, 4.69) is 4.90 Å². The lowest BCUT2D eigenvalue weighted by molar-refractivity contribution is 0.0769. The molecule has 3 nitrogen and oxygen atoms in total. The van der Waals surface area contributed by atoms with Crippen LogP contribution in [0.5, 0.6) is 0 Å². The Morgan fingerprint density at radius 3 is 2.63 bits per heavy atom. The first-order chi connectivity index (χ1) is 9.08. The predicted molar refractivity (Wildman–Crippen MR) is 74.9 cm³/mol. The van der Waals surface area contributed by atoms with Crippen LogP contribution in [0.1, 0.15) is 25.6 Å². The third kappa shape index (κ3) is 2.54. The number of likely N-dealkylation sites (N-methyl/N-ethyl adjacent to an activating group) is 1. The molecule has 0 amide bonds. The van der Waals surface area contributed by atoms with Crippen LogP contribution in [0.3, 0.4) is 0 Å². The number of aromatic nitrogens is 1. The van der Waals surface area contributed by atoms with Crippen LogP contribution in [-0.4, -0.2) is 34.5 Å². The second-order valence-electron chi connectivity index (χ2n) is 4.62. The standard InChI is InChI=1S/C15H19FN2O/c1-4-17(5-2)11(3)15(19)18-9-8-12-10-13(16)6-7-14(12)18/h6-11H,4-5H2,1-3H3/t11-/m0/s1. The molecule has 0 aliphatic rings. The van der Waals surface area contributed by atoms with Gasteiger partial charge in [0.1, 0.15) is 5.82 Å². The molecule has 0 unspecified atom stereocenters. The number of hydrogen-bond acceptors (Lipinski definition) is 2. The van der Waals surface area contributed by atoms with Crippen LogP contribution < -0.4 is 0 Å². The van der Waals surface area contributed by atoms with Crippen LogP contribution in [-0.2, 0) is 0 Å². The number of carbonyl (C=O) groups is 1. The quantitative estimate of drug-likeness (QED) is 0.845. The van der Waals surface area contributed by atoms with Crippen molar-refractivity contribution in [3.05, 3.63) is 36.3 Å². The smallest absolute Gasteiger partial charge is 0.248 e. The summed E-state index contributed by atoms with van der Waals surface area (Å²) in [6, 6.07) is 6.06. The maximum absolute atomic E-state index is 13.1. The molecule has 102 valence electrons. The highest BCUT2D eigenvalue weighted by Gasteiger charge is 2.21. The Kier molecular flexibility index (Phi) is 4.00. The third-order valence-corrected chi connectivity index (χ3v) is 3.61. The second kappa shape index (κ2) is 5.53. The minimum atomic E-state index is -0.283. The van der Waals surface area contributed by atoms with Gasteiger partial charge >= 0.3 is 0 Å². The fourth-order valence-electron chi connectivity index (χ4n) is 2.43. The van der Waals surface area contributed by atoms with E-state index in [0.29, 0.717) is 0 Å². The van der Waals surface area contributed by atoms with Gasteiger partial charge in [0, 0.05) is 11.6 Å². The zero-order valence-electron chi connectivity index (χ0n) is 11.6. The van der Waals surface area contributed by atoms with Crippen molar-refractivity contribution in [1.82, 2.24) is 9.47 Å². The zero-order valence-corrected chi connectivity index (χ0v) is 11.6. The van der Waals surface area contributed by atoms with Crippen LogP contribution in [0.15, 0.2) is 30.5 Å². The summed E-state index contributed by atoms with van der Waals surface area (Å²) in [5, 5.41) is 0.750. The van der Waals surface area contributed by atoms with Crippen LogP contribution in [0, 0.1) is 5.82 Å². The molecule has 1 aromatic heterocycles. The van der Waals surface area contributed by atoms with Crippen molar-refractivity contribution in [2.45, 2.75) is 26.8 Å². The van der Waals surface area contributed by atoms with E-state index in [1.54, 1.807) is 22.9 Å². The van der Waals surface area contributed by atoms with Gasteiger partial charge in [-0.15, -0.1) is 0 Å². The lowest BCUT2D eigenvalue weighted by atomic mass is 10.2. The number of carbonyl (C=O) groups excluding carboxylic acids is 1. The van der Waals surface area contributed by atoms with E-state index in [1.807, 2.05) is 20.8 Å². The topological polar surface area (TPSA) is 25.2 Å². The minimum absolute atomic E-state index is 0.0188. The summed E-state index contributed by atoms with van der Waals surface area (Å²) in [4.78, 5) is 14.6. The maximum atomic E-state index is 13.1. The highest BCUT2D eigenvalue weighted by molar-refractivity contribution is 5.94. The van der Waals surface area contributed by atoms with Crippen molar-refractivity contribution in [2.24, 2.45) is 0 Å². The zero-order chi connectivity index (χ0) is 14.0. The van der Waals surface area contributed by atoms with E-state index in [1.165, 1.54) is 12.1 Å². The molecule has 4 heteroatoms. The van der Waals surface area contributed by atoms with Crippen molar-refractivity contribution in [1.29, 1.82) is 0 Å². The molecule has 2 rings (SSSR count). The first-order valence-corrected chi connectivity index (χ1v) is 6.63. The van der Waals surface area contributed by atoms with Crippen molar-refractivity contribution in [2.75, 3.05) is 13.1 Å². The van der Waals surface area contributed by atoms with Crippen LogP contribution >= 0.6 is 0 Å². The van der Waals surface area contributed by atoms with E-state index in [4.69, 9.17) is 0 Å². The lowest BCUT2D eigenvalue weighted by Crippen LogP contribution is -2.41. The van der Waals surface area contributed by atoms with E-state index in [-0.39, 0.29) is 17.8 Å². The molecule has 0 fully saturated rings. The number of benzene rings is 1. The molecule has 2 aromatic rings. The molecule has 1 heterocycles. The van der Waals surface area contributed by atoms with E-state index < -0.39 is 0 Å². The van der Waals surface area contributed by atoms with Crippen molar-refractivity contribution < 1.29 is 9.18 Å². The van der Waals surface area contributed by atoms with E-state index in [0.717, 1.165) is 24.0 Å². The Labute approximate surface area is 112 Å². The van der Waals surface area contributed by atoms with E-state index in [9.17, 15) is 9.18 Å². The lowest BCUT2D eigenvalue weighted by Gasteiger charge is -2.25. The molecule has 0 saturated heterocycles. The summed E-state index contributed by atoms with van der Waals surface area (Å²) in [5.74, 6) is -0.264. The molecule has 19 heavy (non-hydrogen) atoms. The highest BCUT2D eigenvalue weighted by Crippen LogP contribution is 2.18. The van der Waals surface area contributed by atoms with Crippen LogP contribution in [0.25, 0.3) is 10.9 Å². The molecule has 1 atom stereocenters. The van der Waals surface area contributed by atoms with Gasteiger partial charge in [-0.25, -0.2) is 4.39 Å². The number of hydrogen-bond donors (Lipinski definition) is 0. The summed E-state index contributed by atoms with van der Waals surface area (Å²) in [6.07, 6.45) is 1.71. The van der Waals surface area contributed by atoms with Gasteiger partial charge < -0.3 is 0 Å². The second-order valence-corrected chi connectivity index (χ2v) is 4.62. The Balaban J connectivity index is 2.36. The first kappa shape index (κ1) is 13.7. The maximum Gasteiger partial charge on any atom is 0.248 e. The summed E-state index contributed by atoms with van der Waals surface area (Å²) >= 11 is 0. The van der Waals surface area contributed by atoms with Gasteiger partial charge in [-0.05, 0) is 44.3 Å². The summed E-state index contributed by atoms with van der Waals surface area (Å²) in [7, 11) is 0. The van der Waals surface area contributed by atoms with Gasteiger partial charge in [-0.2, -0.15) is 0 Å². The van der Waals surface area contributed by atoms with Crippen molar-refractivity contribution in [3.8, 4) is 0 Å². The highest BCUT2D eigenvalue weighted by atomic mass is 19.1. The summed E-state index contributed by atoms with van der Waals surface area (Å²) in [5.41, 5.74) is 0.755. The largest absolute Gasteiger partial charge is 0.293 e. The monoisotopic (exact) mass is 262 g/mol. The van der Waals surface area contributed by atoms with Gasteiger partial charge in [-0.1, -0.05) is 13.8 Å². The Morgan fingerprint density at radius 1 is 1.32 bits per heavy atom. The fraction of sp³-hybridized carbons (Fsp3) is 0.400. The molecular weight excluding hydrogens is 243 g/mol. The van der Waals surface area contributed by atoms with Crippen molar-refractivity contribution in [3.63, 3.8) is 0 Å². The SMILES string of the molecule is CCN(CC)[C@@H](C)C(=O)n1ccc2cc(F)ccc21. The molecule has 1 aromatic carbocycles. The Morgan fingerprint density at radius 2 is 2.00 bits per heavy atom. The molecule has 0 bridgehead atoms. The average molecular weight is 262 g/mol. The number of rotatable bonds is 4. The number of halogens is 1. The molecule has 0 N–H and O–H groups in total. The molecule has 0 aliphatic heterocycles. The minimum Gasteiger partial charge on any atom is -0.293 e. The molecule has 0 spiro atoms. The molecule has 0 aliphatic carbocycles. The summed E-state index contributed by atoms with van der Waals surface area (Å²) in [6.45, 7) is 7.64. The molecular formula is C15H19FN2O. The van der Waals surface area contributed by atoms with Gasteiger partial charge in [-0.3, -0.25) is 14.3 Å². The van der Waals surface area contributed by atoms with Gasteiger partial charge in [0.15, 0.2) is 0 Å². The van der Waals surface area contributed by atoms with Gasteiger partial charge in [0.25, 0.3) is 0 Å². The van der Waals surface area contributed by atoms with Crippen LogP contribution in [0.4, 0.5) is 4.39 Å².